The van der Waals surface area contributed by atoms with Crippen LogP contribution in [0, 0.1) is 0 Å². The van der Waals surface area contributed by atoms with Crippen LogP contribution in [0.3, 0.4) is 0 Å². The van der Waals surface area contributed by atoms with Crippen LogP contribution in [0.4, 0.5) is 4.79 Å². The lowest BCUT2D eigenvalue weighted by Crippen LogP contribution is -2.34. The van der Waals surface area contributed by atoms with Crippen molar-refractivity contribution in [3.05, 3.63) is 69.8 Å². The molecule has 2 amide bonds. The van der Waals surface area contributed by atoms with Crippen LogP contribution in [0.2, 0.25) is 10.2 Å². The van der Waals surface area contributed by atoms with Crippen molar-refractivity contribution in [2.45, 2.75) is 24.0 Å². The summed E-state index contributed by atoms with van der Waals surface area (Å²) < 4.78 is 5.37. The number of esters is 1. The topological polar surface area (TPSA) is 94.3 Å². The lowest BCUT2D eigenvalue weighted by atomic mass is 10.0. The predicted octanol–water partition coefficient (Wildman–Crippen LogP) is 5.11. The number of carbonyl (C=O) groups is 2. The first-order chi connectivity index (χ1) is 14.4. The van der Waals surface area contributed by atoms with Crippen molar-refractivity contribution in [3.63, 3.8) is 0 Å². The number of ether oxygens (including phenoxy) is 1. The summed E-state index contributed by atoms with van der Waals surface area (Å²) in [7, 11) is 0. The lowest BCUT2D eigenvalue weighted by molar-refractivity contribution is -0.145. The monoisotopic (exact) mass is 463 g/mol. The first kappa shape index (κ1) is 22.2. The molecule has 0 fully saturated rings. The van der Waals surface area contributed by atoms with Crippen LogP contribution in [-0.4, -0.2) is 23.2 Å². The summed E-state index contributed by atoms with van der Waals surface area (Å²) in [6, 6.07) is 13.1. The number of benzene rings is 2. The first-order valence-corrected chi connectivity index (χ1v) is 10.9. The number of thioether (sulfide) groups is 1. The van der Waals surface area contributed by atoms with Gasteiger partial charge in [-0.1, -0.05) is 47.5 Å². The zero-order valence-corrected chi connectivity index (χ0v) is 18.4. The smallest absolute Gasteiger partial charge is 0.312 e. The Hall–Kier alpha value is -2.48. The average Bonchev–Trinajstić information content (AvgIpc) is 2.71. The van der Waals surface area contributed by atoms with Crippen molar-refractivity contribution < 1.29 is 14.3 Å². The number of nitrogens with one attached hydrogen (secondary N) is 1. The van der Waals surface area contributed by atoms with E-state index in [0.29, 0.717) is 16.1 Å². The fourth-order valence-electron chi connectivity index (χ4n) is 2.95. The molecule has 0 bridgehead atoms. The minimum atomic E-state index is -0.765. The molecule has 0 aliphatic carbocycles. The zero-order valence-electron chi connectivity index (χ0n) is 16.0. The van der Waals surface area contributed by atoms with Gasteiger partial charge in [0.2, 0.25) is 0 Å². The number of hydrogen-bond acceptors (Lipinski definition) is 5. The molecule has 0 aliphatic rings. The molecule has 0 spiro atoms. The molecule has 3 N–H and O–H groups in total. The van der Waals surface area contributed by atoms with Gasteiger partial charge in [0, 0.05) is 20.9 Å². The Morgan fingerprint density at radius 1 is 1.20 bits per heavy atom. The van der Waals surface area contributed by atoms with E-state index >= 15 is 0 Å². The van der Waals surface area contributed by atoms with Crippen LogP contribution in [0.25, 0.3) is 10.9 Å². The number of fused-ring (bicyclic) bond motifs is 1. The normalized spacial score (nSPS) is 11.8. The number of aromatic nitrogens is 1. The lowest BCUT2D eigenvalue weighted by Gasteiger charge is -2.18. The fraction of sp³-hybridized carbons (Fsp3) is 0.190. The molecule has 156 valence electrons. The zero-order chi connectivity index (χ0) is 21.7. The summed E-state index contributed by atoms with van der Waals surface area (Å²) >= 11 is 14.1. The molecule has 9 heteroatoms. The molecule has 0 unspecified atom stereocenters. The van der Waals surface area contributed by atoms with Crippen LogP contribution in [0.1, 0.15) is 23.6 Å². The maximum Gasteiger partial charge on any atom is 0.312 e. The van der Waals surface area contributed by atoms with Crippen molar-refractivity contribution in [3.8, 4) is 0 Å². The van der Waals surface area contributed by atoms with Crippen molar-refractivity contribution in [2.75, 3.05) is 6.26 Å². The predicted molar refractivity (Wildman–Crippen MR) is 120 cm³/mol. The fourth-order valence-corrected chi connectivity index (χ4v) is 3.85. The van der Waals surface area contributed by atoms with Crippen LogP contribution in [-0.2, 0) is 16.1 Å². The number of urea groups is 1. The average molecular weight is 464 g/mol. The van der Waals surface area contributed by atoms with Crippen molar-refractivity contribution in [1.82, 2.24) is 10.3 Å². The van der Waals surface area contributed by atoms with E-state index in [0.717, 1.165) is 15.8 Å². The molecule has 2 aromatic carbocycles. The van der Waals surface area contributed by atoms with Crippen LogP contribution >= 0.6 is 35.0 Å². The van der Waals surface area contributed by atoms with E-state index in [-0.39, 0.29) is 18.2 Å². The Labute approximate surface area is 188 Å². The Kier molecular flexibility index (Phi) is 7.42. The summed E-state index contributed by atoms with van der Waals surface area (Å²) in [5, 5.41) is 4.10. The van der Waals surface area contributed by atoms with E-state index in [4.69, 9.17) is 33.7 Å². The first-order valence-electron chi connectivity index (χ1n) is 8.96. The highest BCUT2D eigenvalue weighted by Gasteiger charge is 2.21. The third kappa shape index (κ3) is 5.56. The van der Waals surface area contributed by atoms with Gasteiger partial charge in [-0.15, -0.1) is 11.8 Å². The van der Waals surface area contributed by atoms with E-state index < -0.39 is 18.0 Å². The van der Waals surface area contributed by atoms with E-state index in [1.54, 1.807) is 36.0 Å². The number of nitrogens with two attached hydrogens (primary N) is 1. The second kappa shape index (κ2) is 10.0. The Morgan fingerprint density at radius 3 is 2.67 bits per heavy atom. The summed E-state index contributed by atoms with van der Waals surface area (Å²) in [6.45, 7) is -0.0449. The van der Waals surface area contributed by atoms with Crippen LogP contribution in [0.15, 0.2) is 53.4 Å². The maximum atomic E-state index is 12.4. The van der Waals surface area contributed by atoms with Gasteiger partial charge in [-0.2, -0.15) is 0 Å². The van der Waals surface area contributed by atoms with Crippen molar-refractivity contribution >= 4 is 57.9 Å². The van der Waals surface area contributed by atoms with Gasteiger partial charge in [0.25, 0.3) is 0 Å². The van der Waals surface area contributed by atoms with E-state index in [1.807, 2.05) is 30.5 Å². The minimum absolute atomic E-state index is 0.0449. The Balaban J connectivity index is 1.71. The summed E-state index contributed by atoms with van der Waals surface area (Å²) in [4.78, 5) is 29.3. The van der Waals surface area contributed by atoms with E-state index in [1.165, 1.54) is 0 Å². The SMILES string of the molecule is CSc1ccc2cc(COC(=O)C[C@H](NC(N)=O)c3ccccc3Cl)c(Cl)nc2c1. The van der Waals surface area contributed by atoms with Gasteiger partial charge < -0.3 is 15.8 Å². The van der Waals surface area contributed by atoms with Gasteiger partial charge in [0.15, 0.2) is 0 Å². The second-order valence-corrected chi connectivity index (χ2v) is 8.09. The van der Waals surface area contributed by atoms with Crippen LogP contribution in [0.5, 0.6) is 0 Å². The number of primary amides is 1. The molecule has 1 heterocycles. The van der Waals surface area contributed by atoms with Crippen molar-refractivity contribution in [1.29, 1.82) is 0 Å². The molecule has 0 saturated carbocycles. The minimum Gasteiger partial charge on any atom is -0.461 e. The number of amides is 2. The van der Waals surface area contributed by atoms with Gasteiger partial charge in [-0.3, -0.25) is 4.79 Å². The number of pyridine rings is 1. The second-order valence-electron chi connectivity index (χ2n) is 6.44. The summed E-state index contributed by atoms with van der Waals surface area (Å²) in [6.07, 6.45) is 1.85. The molecule has 0 radical (unpaired) electrons. The molecule has 1 atom stereocenters. The number of halogens is 2. The molecule has 3 aromatic rings. The molecular weight excluding hydrogens is 445 g/mol. The third-order valence-corrected chi connectivity index (χ3v) is 5.80. The third-order valence-electron chi connectivity index (χ3n) is 4.41. The number of nitrogens with zero attached hydrogens (tertiary/aromatic N) is 1. The molecule has 0 saturated heterocycles. The summed E-state index contributed by atoms with van der Waals surface area (Å²) in [5.41, 5.74) is 7.18. The van der Waals surface area contributed by atoms with Gasteiger partial charge in [0.1, 0.15) is 11.8 Å². The molecule has 3 rings (SSSR count). The molecule has 1 aromatic heterocycles. The highest BCUT2D eigenvalue weighted by Crippen LogP contribution is 2.27. The Morgan fingerprint density at radius 2 is 1.97 bits per heavy atom. The quantitative estimate of drug-likeness (QED) is 0.288. The van der Waals surface area contributed by atoms with E-state index in [9.17, 15) is 9.59 Å². The molecular formula is C21H19Cl2N3O3S. The number of rotatable bonds is 7. The van der Waals surface area contributed by atoms with Gasteiger partial charge in [0.05, 0.1) is 18.0 Å². The summed E-state index contributed by atoms with van der Waals surface area (Å²) in [5.74, 6) is -0.539. The van der Waals surface area contributed by atoms with E-state index in [2.05, 4.69) is 10.3 Å². The highest BCUT2D eigenvalue weighted by atomic mass is 35.5. The largest absolute Gasteiger partial charge is 0.461 e. The van der Waals surface area contributed by atoms with Gasteiger partial charge in [-0.25, -0.2) is 9.78 Å². The highest BCUT2D eigenvalue weighted by molar-refractivity contribution is 7.98. The van der Waals surface area contributed by atoms with Crippen molar-refractivity contribution in [2.24, 2.45) is 5.73 Å². The van der Waals surface area contributed by atoms with Gasteiger partial charge >= 0.3 is 12.0 Å². The molecule has 6 nitrogen and oxygen atoms in total. The molecule has 0 aliphatic heterocycles. The molecule has 30 heavy (non-hydrogen) atoms. The van der Waals surface area contributed by atoms with Crippen LogP contribution < -0.4 is 11.1 Å². The standard InChI is InChI=1S/C21H19Cl2N3O3S/c1-30-14-7-6-12-8-13(20(23)25-17(12)9-14)11-29-19(27)10-18(26-21(24)28)15-4-2-3-5-16(15)22/h2-9,18H,10-11H2,1H3,(H3,24,26,28)/t18-/m0/s1. The Bertz CT molecular complexity index is 1090. The number of hydrogen-bond donors (Lipinski definition) is 2. The number of carbonyl (C=O) groups excluding carboxylic acids is 2. The maximum absolute atomic E-state index is 12.4. The van der Waals surface area contributed by atoms with Gasteiger partial charge in [-0.05, 0) is 36.1 Å².